The molecule has 0 aliphatic rings. The third-order valence-corrected chi connectivity index (χ3v) is 2.31. The summed E-state index contributed by atoms with van der Waals surface area (Å²) >= 11 is 0. The number of carbonyl (C=O) groups is 1. The van der Waals surface area contributed by atoms with E-state index in [-0.39, 0.29) is 0 Å². The maximum absolute atomic E-state index is 9.98. The van der Waals surface area contributed by atoms with Gasteiger partial charge >= 0.3 is 0 Å². The average molecular weight is 188 g/mol. The number of hydrogen-bond donors (Lipinski definition) is 0. The van der Waals surface area contributed by atoms with Crippen molar-refractivity contribution in [2.45, 2.75) is 19.8 Å². The van der Waals surface area contributed by atoms with Gasteiger partial charge in [-0.1, -0.05) is 0 Å². The molecule has 0 saturated carbocycles. The zero-order valence-electron chi connectivity index (χ0n) is 9.08. The third kappa shape index (κ3) is 7.94. The molecule has 0 atom stereocenters. The topological polar surface area (TPSA) is 26.3 Å². The van der Waals surface area contributed by atoms with Crippen molar-refractivity contribution in [1.29, 1.82) is 0 Å². The average Bonchev–Trinajstić information content (AvgIpc) is 2.11. The minimum absolute atomic E-state index is 0.617. The van der Waals surface area contributed by atoms with Gasteiger partial charge in [-0.2, -0.15) is 0 Å². The fourth-order valence-corrected chi connectivity index (χ4v) is 0.841. The van der Waals surface area contributed by atoms with Gasteiger partial charge in [-0.3, -0.25) is 0 Å². The van der Waals surface area contributed by atoms with Crippen LogP contribution in [0.3, 0.4) is 0 Å². The van der Waals surface area contributed by atoms with E-state index in [0.29, 0.717) is 13.0 Å². The van der Waals surface area contributed by atoms with Crippen LogP contribution in [0.4, 0.5) is 0 Å². The van der Waals surface area contributed by atoms with E-state index in [1.807, 2.05) is 0 Å². The number of hydrogen-bond acceptors (Lipinski definition) is 2. The monoisotopic (exact) mass is 188 g/mol. The van der Waals surface area contributed by atoms with Crippen LogP contribution in [0.2, 0.25) is 0 Å². The van der Waals surface area contributed by atoms with Crippen LogP contribution in [-0.2, 0) is 9.53 Å². The largest absolute Gasteiger partial charge is 0.376 e. The molecule has 0 amide bonds. The highest BCUT2D eigenvalue weighted by atomic mass is 16.5. The summed E-state index contributed by atoms with van der Waals surface area (Å²) < 4.78 is 6.39. The van der Waals surface area contributed by atoms with Crippen molar-refractivity contribution >= 4 is 6.29 Å². The van der Waals surface area contributed by atoms with Gasteiger partial charge in [0.25, 0.3) is 0 Å². The highest BCUT2D eigenvalue weighted by Crippen LogP contribution is 1.95. The van der Waals surface area contributed by atoms with E-state index in [1.165, 1.54) is 0 Å². The highest BCUT2D eigenvalue weighted by Gasteiger charge is 2.10. The number of carbonyl (C=O) groups excluding carboxylic acids is 1. The van der Waals surface area contributed by atoms with Gasteiger partial charge in [-0.05, 0) is 13.3 Å². The third-order valence-electron chi connectivity index (χ3n) is 2.31. The lowest BCUT2D eigenvalue weighted by Crippen LogP contribution is -2.41. The second-order valence-corrected chi connectivity index (χ2v) is 3.90. The first-order valence-electron chi connectivity index (χ1n) is 4.96. The Labute approximate surface area is 81.3 Å². The summed E-state index contributed by atoms with van der Waals surface area (Å²) in [6.07, 6.45) is 2.41. The zero-order valence-corrected chi connectivity index (χ0v) is 9.08. The minimum Gasteiger partial charge on any atom is -0.376 e. The van der Waals surface area contributed by atoms with Gasteiger partial charge < -0.3 is 14.0 Å². The van der Waals surface area contributed by atoms with Gasteiger partial charge in [-0.15, -0.1) is 0 Å². The summed E-state index contributed by atoms with van der Waals surface area (Å²) in [6, 6.07) is 0. The maximum atomic E-state index is 9.98. The number of likely N-dealkylation sites (N-methyl/N-ethyl adjacent to an activating group) is 1. The number of unbranched alkanes of at least 4 members (excludes halogenated alkanes) is 1. The van der Waals surface area contributed by atoms with Crippen molar-refractivity contribution < 1.29 is 14.0 Å². The van der Waals surface area contributed by atoms with Crippen molar-refractivity contribution in [3.05, 3.63) is 0 Å². The van der Waals surface area contributed by atoms with Crippen LogP contribution in [0.5, 0.6) is 0 Å². The first-order chi connectivity index (χ1) is 6.12. The number of nitrogens with zero attached hydrogens (tertiary/aromatic N) is 1. The first-order valence-corrected chi connectivity index (χ1v) is 4.96. The molecular formula is C10H22NO2+. The Kier molecular flexibility index (Phi) is 6.82. The van der Waals surface area contributed by atoms with Crippen LogP contribution in [0.15, 0.2) is 0 Å². The molecule has 13 heavy (non-hydrogen) atoms. The number of ether oxygens (including phenoxy) is 1. The molecule has 0 heterocycles. The van der Waals surface area contributed by atoms with Crippen molar-refractivity contribution in [3.63, 3.8) is 0 Å². The Morgan fingerprint density at radius 2 is 2.00 bits per heavy atom. The normalized spacial score (nSPS) is 11.6. The van der Waals surface area contributed by atoms with E-state index in [1.54, 1.807) is 0 Å². The van der Waals surface area contributed by atoms with Crippen LogP contribution in [0.25, 0.3) is 0 Å². The molecule has 0 aromatic carbocycles. The van der Waals surface area contributed by atoms with Crippen LogP contribution >= 0.6 is 0 Å². The lowest BCUT2D eigenvalue weighted by molar-refractivity contribution is -0.888. The van der Waals surface area contributed by atoms with Crippen molar-refractivity contribution in [3.8, 4) is 0 Å². The molecule has 0 saturated heterocycles. The standard InChI is InChI=1S/C10H22NO2/c1-4-11(2,3)7-10-13-9-6-5-8-12/h8H,4-7,9-10H2,1-3H3/q+1. The Morgan fingerprint density at radius 3 is 2.54 bits per heavy atom. The molecule has 0 aromatic rings. The quantitative estimate of drug-likeness (QED) is 0.324. The lowest BCUT2D eigenvalue weighted by Gasteiger charge is -2.27. The Bertz CT molecular complexity index is 135. The summed E-state index contributed by atoms with van der Waals surface area (Å²) in [6.45, 7) is 5.84. The fraction of sp³-hybridized carbons (Fsp3) is 0.900. The van der Waals surface area contributed by atoms with Gasteiger partial charge in [0, 0.05) is 13.0 Å². The van der Waals surface area contributed by atoms with Crippen LogP contribution < -0.4 is 0 Å². The van der Waals surface area contributed by atoms with Crippen molar-refractivity contribution in [1.82, 2.24) is 0 Å². The number of quaternary nitrogens is 1. The summed E-state index contributed by atoms with van der Waals surface area (Å²) in [4.78, 5) is 9.98. The fourth-order valence-electron chi connectivity index (χ4n) is 0.841. The Hall–Kier alpha value is -0.410. The first kappa shape index (κ1) is 12.6. The van der Waals surface area contributed by atoms with E-state index >= 15 is 0 Å². The molecule has 0 unspecified atom stereocenters. The molecule has 3 nitrogen and oxygen atoms in total. The van der Waals surface area contributed by atoms with Crippen LogP contribution in [0.1, 0.15) is 19.8 Å². The van der Waals surface area contributed by atoms with E-state index in [4.69, 9.17) is 4.74 Å². The van der Waals surface area contributed by atoms with E-state index < -0.39 is 0 Å². The molecule has 0 rings (SSSR count). The summed E-state index contributed by atoms with van der Waals surface area (Å²) in [5, 5.41) is 0. The maximum Gasteiger partial charge on any atom is 0.120 e. The summed E-state index contributed by atoms with van der Waals surface area (Å²) in [7, 11) is 4.38. The predicted molar refractivity (Wildman–Crippen MR) is 53.6 cm³/mol. The second-order valence-electron chi connectivity index (χ2n) is 3.90. The lowest BCUT2D eigenvalue weighted by atomic mass is 10.3. The van der Waals surface area contributed by atoms with Crippen LogP contribution in [0, 0.1) is 0 Å². The van der Waals surface area contributed by atoms with Crippen LogP contribution in [-0.4, -0.2) is 51.2 Å². The number of aldehydes is 1. The highest BCUT2D eigenvalue weighted by molar-refractivity contribution is 5.48. The molecule has 0 aliphatic carbocycles. The summed E-state index contributed by atoms with van der Waals surface area (Å²) in [5.74, 6) is 0. The molecule has 78 valence electrons. The zero-order chi connectivity index (χ0) is 10.2. The molecule has 0 aromatic heterocycles. The van der Waals surface area contributed by atoms with Crippen molar-refractivity contribution in [2.24, 2.45) is 0 Å². The minimum atomic E-state index is 0.617. The van der Waals surface area contributed by atoms with Gasteiger partial charge in [0.2, 0.25) is 0 Å². The second kappa shape index (κ2) is 7.04. The molecule has 0 spiro atoms. The van der Waals surface area contributed by atoms with E-state index in [0.717, 1.165) is 36.9 Å². The van der Waals surface area contributed by atoms with Gasteiger partial charge in [0.05, 0.1) is 27.2 Å². The van der Waals surface area contributed by atoms with Crippen molar-refractivity contribution in [2.75, 3.05) is 40.4 Å². The molecule has 0 fully saturated rings. The predicted octanol–water partition coefficient (Wildman–Crippen LogP) is 1.08. The molecule has 0 radical (unpaired) electrons. The SMILES string of the molecule is CC[N+](C)(C)CCOCCCC=O. The molecule has 0 bridgehead atoms. The van der Waals surface area contributed by atoms with Gasteiger partial charge in [0.15, 0.2) is 0 Å². The molecule has 0 aliphatic heterocycles. The summed E-state index contributed by atoms with van der Waals surface area (Å²) in [5.41, 5.74) is 0. The Morgan fingerprint density at radius 1 is 1.31 bits per heavy atom. The molecule has 0 N–H and O–H groups in total. The van der Waals surface area contributed by atoms with E-state index in [2.05, 4.69) is 21.0 Å². The Balaban J connectivity index is 3.20. The van der Waals surface area contributed by atoms with Gasteiger partial charge in [0.1, 0.15) is 12.8 Å². The molecule has 3 heteroatoms. The van der Waals surface area contributed by atoms with E-state index in [9.17, 15) is 4.79 Å². The molecular weight excluding hydrogens is 166 g/mol. The number of rotatable bonds is 8. The van der Waals surface area contributed by atoms with Gasteiger partial charge in [-0.25, -0.2) is 0 Å². The smallest absolute Gasteiger partial charge is 0.120 e.